The Bertz CT molecular complexity index is 890. The van der Waals surface area contributed by atoms with Crippen LogP contribution in [0.5, 0.6) is 0 Å². The number of rotatable bonds is 4. The van der Waals surface area contributed by atoms with Crippen LogP contribution in [0.3, 0.4) is 0 Å². The van der Waals surface area contributed by atoms with Crippen LogP contribution in [0, 0.1) is 4.84 Å². The second-order valence-corrected chi connectivity index (χ2v) is 9.03. The van der Waals surface area contributed by atoms with Gasteiger partial charge in [-0.15, -0.1) is 0 Å². The lowest BCUT2D eigenvalue weighted by molar-refractivity contribution is -0.936. The number of morpholine rings is 1. The molecule has 0 saturated carbocycles. The van der Waals surface area contributed by atoms with E-state index < -0.39 is 9.84 Å². The Labute approximate surface area is 146 Å². The second-order valence-electron chi connectivity index (χ2n) is 6.40. The molecule has 3 rings (SSSR count). The van der Waals surface area contributed by atoms with Crippen LogP contribution in [0.2, 0.25) is 0 Å². The van der Waals surface area contributed by atoms with Crippen molar-refractivity contribution in [1.29, 1.82) is 0 Å². The first kappa shape index (κ1) is 17.6. The van der Waals surface area contributed by atoms with Gasteiger partial charge in [-0.3, -0.25) is 4.57 Å². The van der Waals surface area contributed by atoms with Gasteiger partial charge in [-0.25, -0.2) is 8.42 Å². The molecule has 0 bridgehead atoms. The standard InChI is InChI=1S/C16H22N2O4S2/c1-4-24(19,20)13-5-6-15-14(7-13)18(16(23)22-15)10-17-8-11(2)21-12(3)9-17/h5-7,11-12H,4,8-10H2,1-3H3/p+1/t11-,12-/m0/s1. The summed E-state index contributed by atoms with van der Waals surface area (Å²) in [5, 5.41) is 0. The van der Waals surface area contributed by atoms with Gasteiger partial charge in [0.05, 0.1) is 16.2 Å². The van der Waals surface area contributed by atoms with Crippen molar-refractivity contribution >= 4 is 33.2 Å². The Hall–Kier alpha value is -1.22. The highest BCUT2D eigenvalue weighted by Gasteiger charge is 2.26. The highest BCUT2D eigenvalue weighted by molar-refractivity contribution is 7.91. The van der Waals surface area contributed by atoms with Crippen molar-refractivity contribution in [2.24, 2.45) is 0 Å². The van der Waals surface area contributed by atoms with Crippen molar-refractivity contribution in [3.05, 3.63) is 23.0 Å². The van der Waals surface area contributed by atoms with E-state index in [2.05, 4.69) is 13.8 Å². The number of ether oxygens (including phenoxy) is 1. The average Bonchev–Trinajstić information content (AvgIpc) is 2.81. The molecular weight excluding hydrogens is 348 g/mol. The number of aromatic nitrogens is 1. The maximum Gasteiger partial charge on any atom is 0.274 e. The molecule has 1 saturated heterocycles. The molecule has 1 aliphatic heterocycles. The van der Waals surface area contributed by atoms with Crippen molar-refractivity contribution in [2.75, 3.05) is 18.8 Å². The predicted molar refractivity (Wildman–Crippen MR) is 93.5 cm³/mol. The van der Waals surface area contributed by atoms with E-state index in [0.29, 0.717) is 22.0 Å². The van der Waals surface area contributed by atoms with Crippen molar-refractivity contribution in [1.82, 2.24) is 4.57 Å². The summed E-state index contributed by atoms with van der Waals surface area (Å²) in [6.07, 6.45) is 0.374. The lowest BCUT2D eigenvalue weighted by Crippen LogP contribution is -3.14. The highest BCUT2D eigenvalue weighted by Crippen LogP contribution is 2.22. The van der Waals surface area contributed by atoms with E-state index in [9.17, 15) is 8.42 Å². The van der Waals surface area contributed by atoms with Crippen LogP contribution in [-0.2, 0) is 21.2 Å². The van der Waals surface area contributed by atoms with Gasteiger partial charge in [0.2, 0.25) is 0 Å². The minimum absolute atomic E-state index is 0.0703. The molecular formula is C16H23N2O4S2+. The lowest BCUT2D eigenvalue weighted by atomic mass is 10.2. The Morgan fingerprint density at radius 2 is 1.96 bits per heavy atom. The van der Waals surface area contributed by atoms with Crippen LogP contribution < -0.4 is 4.90 Å². The first-order valence-electron chi connectivity index (χ1n) is 8.15. The van der Waals surface area contributed by atoms with Gasteiger partial charge in [-0.2, -0.15) is 0 Å². The van der Waals surface area contributed by atoms with Crippen LogP contribution in [0.1, 0.15) is 20.8 Å². The fourth-order valence-corrected chi connectivity index (χ4v) is 4.45. The molecule has 6 nitrogen and oxygen atoms in total. The minimum Gasteiger partial charge on any atom is -0.429 e. The topological polar surface area (TPSA) is 65.9 Å². The summed E-state index contributed by atoms with van der Waals surface area (Å²) < 4.78 is 37.6. The third-order valence-corrected chi connectivity index (χ3v) is 6.41. The Morgan fingerprint density at radius 3 is 2.58 bits per heavy atom. The molecule has 24 heavy (non-hydrogen) atoms. The quantitative estimate of drug-likeness (QED) is 0.823. The molecule has 0 spiro atoms. The molecule has 1 N–H and O–H groups in total. The summed E-state index contributed by atoms with van der Waals surface area (Å²) in [4.78, 5) is 2.01. The van der Waals surface area contributed by atoms with Gasteiger partial charge < -0.3 is 14.1 Å². The first-order chi connectivity index (χ1) is 11.3. The molecule has 1 aromatic carbocycles. The van der Waals surface area contributed by atoms with Gasteiger partial charge in [0, 0.05) is 0 Å². The van der Waals surface area contributed by atoms with E-state index >= 15 is 0 Å². The number of oxazole rings is 1. The van der Waals surface area contributed by atoms with E-state index in [1.807, 2.05) is 4.57 Å². The monoisotopic (exact) mass is 371 g/mol. The number of sulfone groups is 1. The molecule has 0 radical (unpaired) electrons. The SMILES string of the molecule is CCS(=O)(=O)c1ccc2oc(=S)n(C[NH+]3C[C@H](C)O[C@@H](C)C3)c2c1. The molecule has 0 aliphatic carbocycles. The van der Waals surface area contributed by atoms with Crippen molar-refractivity contribution in [3.8, 4) is 0 Å². The fraction of sp³-hybridized carbons (Fsp3) is 0.562. The number of hydrogen-bond donors (Lipinski definition) is 1. The van der Waals surface area contributed by atoms with E-state index in [0.717, 1.165) is 18.6 Å². The second kappa shape index (κ2) is 6.59. The van der Waals surface area contributed by atoms with Gasteiger partial charge in [0.1, 0.15) is 25.3 Å². The molecule has 1 fully saturated rings. The number of fused-ring (bicyclic) bond motifs is 1. The average molecular weight is 372 g/mol. The molecule has 0 unspecified atom stereocenters. The summed E-state index contributed by atoms with van der Waals surface area (Å²) in [5.74, 6) is 0.0703. The van der Waals surface area contributed by atoms with Gasteiger partial charge in [0.15, 0.2) is 22.1 Å². The van der Waals surface area contributed by atoms with Crippen LogP contribution in [-0.4, -0.2) is 44.0 Å². The summed E-state index contributed by atoms with van der Waals surface area (Å²) in [6.45, 7) is 8.17. The number of quaternary nitrogens is 1. The van der Waals surface area contributed by atoms with Crippen molar-refractivity contribution in [2.45, 2.75) is 44.5 Å². The van der Waals surface area contributed by atoms with Crippen molar-refractivity contribution in [3.63, 3.8) is 0 Å². The summed E-state index contributed by atoms with van der Waals surface area (Å²) in [7, 11) is -3.26. The number of nitrogens with one attached hydrogen (secondary N) is 1. The van der Waals surface area contributed by atoms with Gasteiger partial charge in [-0.05, 0) is 44.3 Å². The zero-order valence-corrected chi connectivity index (χ0v) is 15.7. The Balaban J connectivity index is 1.99. The number of hydrogen-bond acceptors (Lipinski definition) is 5. The van der Waals surface area contributed by atoms with Gasteiger partial charge >= 0.3 is 0 Å². The molecule has 2 atom stereocenters. The van der Waals surface area contributed by atoms with E-state index in [-0.39, 0.29) is 18.0 Å². The van der Waals surface area contributed by atoms with Crippen LogP contribution in [0.4, 0.5) is 0 Å². The van der Waals surface area contributed by atoms with Gasteiger partial charge in [-0.1, -0.05) is 6.92 Å². The molecule has 2 heterocycles. The first-order valence-corrected chi connectivity index (χ1v) is 10.2. The lowest BCUT2D eigenvalue weighted by Gasteiger charge is -2.32. The van der Waals surface area contributed by atoms with Crippen LogP contribution in [0.25, 0.3) is 11.1 Å². The number of benzene rings is 1. The van der Waals surface area contributed by atoms with Crippen LogP contribution >= 0.6 is 12.2 Å². The molecule has 8 heteroatoms. The molecule has 1 aromatic heterocycles. The Kier molecular flexibility index (Phi) is 4.83. The molecule has 0 amide bonds. The van der Waals surface area contributed by atoms with E-state index in [1.165, 1.54) is 4.90 Å². The molecule has 1 aliphatic rings. The van der Waals surface area contributed by atoms with Crippen molar-refractivity contribution < 1.29 is 22.5 Å². The molecule has 2 aromatic rings. The third-order valence-electron chi connectivity index (χ3n) is 4.38. The van der Waals surface area contributed by atoms with E-state index in [1.54, 1.807) is 25.1 Å². The normalized spacial score (nSPS) is 25.2. The fourth-order valence-electron chi connectivity index (χ4n) is 3.29. The maximum absolute atomic E-state index is 12.2. The highest BCUT2D eigenvalue weighted by atomic mass is 32.2. The van der Waals surface area contributed by atoms with Gasteiger partial charge in [0.25, 0.3) is 4.84 Å². The minimum atomic E-state index is -3.26. The van der Waals surface area contributed by atoms with Crippen LogP contribution in [0.15, 0.2) is 27.5 Å². The smallest absolute Gasteiger partial charge is 0.274 e. The predicted octanol–water partition coefficient (Wildman–Crippen LogP) is 1.41. The number of nitrogens with zero attached hydrogens (tertiary/aromatic N) is 1. The zero-order chi connectivity index (χ0) is 17.5. The largest absolute Gasteiger partial charge is 0.429 e. The summed E-state index contributed by atoms with van der Waals surface area (Å²) in [5.41, 5.74) is 1.35. The van der Waals surface area contributed by atoms with E-state index in [4.69, 9.17) is 21.4 Å². The third kappa shape index (κ3) is 3.42. The zero-order valence-electron chi connectivity index (χ0n) is 14.1. The maximum atomic E-state index is 12.2. The molecule has 132 valence electrons. The summed E-state index contributed by atoms with van der Waals surface area (Å²) >= 11 is 5.35. The summed E-state index contributed by atoms with van der Waals surface area (Å²) in [6, 6.07) is 4.93. The Morgan fingerprint density at radius 1 is 1.29 bits per heavy atom.